The summed E-state index contributed by atoms with van der Waals surface area (Å²) >= 11 is 0. The minimum Gasteiger partial charge on any atom is -0.487 e. The fourth-order valence-electron chi connectivity index (χ4n) is 3.98. The van der Waals surface area contributed by atoms with Gasteiger partial charge in [-0.3, -0.25) is 14.9 Å². The minimum atomic E-state index is -0.919. The van der Waals surface area contributed by atoms with E-state index in [1.165, 1.54) is 6.33 Å². The van der Waals surface area contributed by atoms with E-state index in [0.717, 1.165) is 33.6 Å². The zero-order valence-electron chi connectivity index (χ0n) is 16.5. The molecular formula is C23H20N4O4. The van der Waals surface area contributed by atoms with Crippen molar-refractivity contribution in [1.29, 1.82) is 0 Å². The first-order valence-corrected chi connectivity index (χ1v) is 9.93. The maximum absolute atomic E-state index is 12.5. The monoisotopic (exact) mass is 416 g/mol. The number of rotatable bonds is 6. The summed E-state index contributed by atoms with van der Waals surface area (Å²) in [6, 6.07) is 12.7. The second-order valence-corrected chi connectivity index (χ2v) is 7.54. The number of carbonyl (C=O) groups is 2. The molecule has 8 nitrogen and oxygen atoms in total. The van der Waals surface area contributed by atoms with Crippen LogP contribution in [0.3, 0.4) is 0 Å². The predicted molar refractivity (Wildman–Crippen MR) is 114 cm³/mol. The molecule has 8 heteroatoms. The van der Waals surface area contributed by atoms with Crippen LogP contribution in [0.2, 0.25) is 0 Å². The lowest BCUT2D eigenvalue weighted by Gasteiger charge is -2.14. The van der Waals surface area contributed by atoms with E-state index in [4.69, 9.17) is 4.74 Å². The third kappa shape index (κ3) is 3.57. The number of nitrogens with zero attached hydrogens (tertiary/aromatic N) is 1. The lowest BCUT2D eigenvalue weighted by molar-refractivity contribution is -0.139. The number of aromatic nitrogens is 2. The van der Waals surface area contributed by atoms with Gasteiger partial charge in [0.1, 0.15) is 18.4 Å². The molecule has 1 unspecified atom stereocenters. The van der Waals surface area contributed by atoms with E-state index in [-0.39, 0.29) is 5.91 Å². The number of aliphatic carboxylic acids is 1. The molecule has 2 aliphatic heterocycles. The molecular weight excluding hydrogens is 396 g/mol. The molecule has 0 radical (unpaired) electrons. The number of carbonyl (C=O) groups excluding carboxylic acids is 1. The van der Waals surface area contributed by atoms with Gasteiger partial charge in [0.15, 0.2) is 0 Å². The molecule has 0 saturated heterocycles. The van der Waals surface area contributed by atoms with Gasteiger partial charge in [0.05, 0.1) is 11.9 Å². The van der Waals surface area contributed by atoms with Crippen molar-refractivity contribution < 1.29 is 19.4 Å². The first-order chi connectivity index (χ1) is 15.1. The van der Waals surface area contributed by atoms with Crippen LogP contribution < -0.4 is 10.6 Å². The number of nitrogens with one attached hydrogen (secondary N) is 3. The van der Waals surface area contributed by atoms with Gasteiger partial charge in [-0.05, 0) is 11.6 Å². The summed E-state index contributed by atoms with van der Waals surface area (Å²) in [6.07, 6.45) is 3.47. The van der Waals surface area contributed by atoms with E-state index in [0.29, 0.717) is 30.9 Å². The molecule has 0 fully saturated rings. The Bertz CT molecular complexity index is 1200. The molecule has 1 aromatic heterocycles. The SMILES string of the molecule is O=C1Nc2ccccc2C1=C1OCc2cc(CNC(Cc3cnc[nH]3)C(=O)O)ccc21. The number of H-pyrrole nitrogens is 1. The summed E-state index contributed by atoms with van der Waals surface area (Å²) in [5.74, 6) is -0.505. The maximum Gasteiger partial charge on any atom is 0.321 e. The number of ether oxygens (including phenoxy) is 1. The van der Waals surface area contributed by atoms with Crippen LogP contribution in [0.4, 0.5) is 5.69 Å². The number of carboxylic acids is 1. The summed E-state index contributed by atoms with van der Waals surface area (Å²) in [6.45, 7) is 0.765. The van der Waals surface area contributed by atoms with E-state index in [1.807, 2.05) is 42.5 Å². The first kappa shape index (κ1) is 19.1. The van der Waals surface area contributed by atoms with E-state index in [1.54, 1.807) is 6.20 Å². The molecule has 1 amide bonds. The predicted octanol–water partition coefficient (Wildman–Crippen LogP) is 2.55. The van der Waals surface area contributed by atoms with E-state index in [9.17, 15) is 14.7 Å². The Morgan fingerprint density at radius 2 is 2.10 bits per heavy atom. The summed E-state index contributed by atoms with van der Waals surface area (Å²) in [5.41, 5.74) is 5.73. The Labute approximate surface area is 178 Å². The van der Waals surface area contributed by atoms with Gasteiger partial charge in [-0.2, -0.15) is 0 Å². The molecule has 0 spiro atoms. The highest BCUT2D eigenvalue weighted by atomic mass is 16.5. The molecule has 1 atom stereocenters. The number of hydrogen-bond donors (Lipinski definition) is 4. The Morgan fingerprint density at radius 3 is 2.90 bits per heavy atom. The van der Waals surface area contributed by atoms with Gasteiger partial charge >= 0.3 is 5.97 Å². The molecule has 2 aliphatic rings. The van der Waals surface area contributed by atoms with Crippen molar-refractivity contribution >= 4 is 28.9 Å². The normalized spacial score (nSPS) is 17.6. The number of amides is 1. The Kier molecular flexibility index (Phi) is 4.76. The highest BCUT2D eigenvalue weighted by Crippen LogP contribution is 2.41. The van der Waals surface area contributed by atoms with Crippen LogP contribution in [0.25, 0.3) is 11.3 Å². The van der Waals surface area contributed by atoms with E-state index < -0.39 is 12.0 Å². The molecule has 5 rings (SSSR count). The van der Waals surface area contributed by atoms with Crippen molar-refractivity contribution in [2.75, 3.05) is 5.32 Å². The van der Waals surface area contributed by atoms with Crippen molar-refractivity contribution in [1.82, 2.24) is 15.3 Å². The smallest absolute Gasteiger partial charge is 0.321 e. The third-order valence-corrected chi connectivity index (χ3v) is 5.51. The largest absolute Gasteiger partial charge is 0.487 e. The lowest BCUT2D eigenvalue weighted by atomic mass is 9.99. The second kappa shape index (κ2) is 7.73. The summed E-state index contributed by atoms with van der Waals surface area (Å²) in [7, 11) is 0. The maximum atomic E-state index is 12.5. The molecule has 0 bridgehead atoms. The number of fused-ring (bicyclic) bond motifs is 2. The Hall–Kier alpha value is -3.91. The molecule has 31 heavy (non-hydrogen) atoms. The Morgan fingerprint density at radius 1 is 1.23 bits per heavy atom. The number of anilines is 1. The zero-order valence-corrected chi connectivity index (χ0v) is 16.5. The zero-order chi connectivity index (χ0) is 21.4. The van der Waals surface area contributed by atoms with E-state index in [2.05, 4.69) is 20.6 Å². The van der Waals surface area contributed by atoms with Crippen LogP contribution in [0.1, 0.15) is 27.9 Å². The average Bonchev–Trinajstić information content (AvgIpc) is 3.48. The topological polar surface area (TPSA) is 116 Å². The van der Waals surface area contributed by atoms with Gasteiger partial charge < -0.3 is 20.1 Å². The first-order valence-electron chi connectivity index (χ1n) is 9.93. The van der Waals surface area contributed by atoms with Crippen molar-refractivity contribution in [2.24, 2.45) is 0 Å². The number of carboxylic acid groups (broad SMARTS) is 1. The molecule has 3 heterocycles. The van der Waals surface area contributed by atoms with Crippen LogP contribution in [-0.4, -0.2) is 33.0 Å². The summed E-state index contributed by atoms with van der Waals surface area (Å²) < 4.78 is 5.92. The fraction of sp³-hybridized carbons (Fsp3) is 0.174. The van der Waals surface area contributed by atoms with E-state index >= 15 is 0 Å². The van der Waals surface area contributed by atoms with Crippen molar-refractivity contribution in [3.8, 4) is 0 Å². The molecule has 4 N–H and O–H groups in total. The molecule has 0 aliphatic carbocycles. The number of imidazole rings is 1. The third-order valence-electron chi connectivity index (χ3n) is 5.51. The summed E-state index contributed by atoms with van der Waals surface area (Å²) in [4.78, 5) is 31.0. The van der Waals surface area contributed by atoms with Crippen molar-refractivity contribution in [3.63, 3.8) is 0 Å². The van der Waals surface area contributed by atoms with Crippen molar-refractivity contribution in [3.05, 3.63) is 82.9 Å². The highest BCUT2D eigenvalue weighted by Gasteiger charge is 2.32. The van der Waals surface area contributed by atoms with Gasteiger partial charge in [0.2, 0.25) is 0 Å². The number of hydrogen-bond acceptors (Lipinski definition) is 5. The lowest BCUT2D eigenvalue weighted by Crippen LogP contribution is -2.38. The van der Waals surface area contributed by atoms with Crippen LogP contribution in [0.15, 0.2) is 55.0 Å². The van der Waals surface area contributed by atoms with Gasteiger partial charge in [-0.15, -0.1) is 0 Å². The molecule has 3 aromatic rings. The van der Waals surface area contributed by atoms with Crippen LogP contribution >= 0.6 is 0 Å². The Balaban J connectivity index is 1.36. The van der Waals surface area contributed by atoms with Gasteiger partial charge in [-0.1, -0.05) is 36.4 Å². The highest BCUT2D eigenvalue weighted by molar-refractivity contribution is 6.36. The fourth-order valence-corrected chi connectivity index (χ4v) is 3.98. The number of para-hydroxylation sites is 1. The van der Waals surface area contributed by atoms with Crippen LogP contribution in [0, 0.1) is 0 Å². The van der Waals surface area contributed by atoms with Crippen molar-refractivity contribution in [2.45, 2.75) is 25.6 Å². The number of aromatic amines is 1. The summed E-state index contributed by atoms with van der Waals surface area (Å²) in [5, 5.41) is 15.5. The van der Waals surface area contributed by atoms with Gasteiger partial charge in [0, 0.05) is 47.2 Å². The standard InChI is InChI=1S/C23H20N4O4/c28-22-20(17-3-1-2-4-18(17)27-22)21-16-6-5-13(7-14(16)11-31-21)9-25-19(23(29)30)8-15-10-24-12-26-15/h1-7,10,12,19,25H,8-9,11H2,(H,24,26)(H,27,28)(H,29,30). The molecule has 0 saturated carbocycles. The average molecular weight is 416 g/mol. The minimum absolute atomic E-state index is 0.169. The quantitative estimate of drug-likeness (QED) is 0.459. The second-order valence-electron chi connectivity index (χ2n) is 7.54. The van der Waals surface area contributed by atoms with Crippen LogP contribution in [-0.2, 0) is 33.9 Å². The van der Waals surface area contributed by atoms with Gasteiger partial charge in [0.25, 0.3) is 5.91 Å². The van der Waals surface area contributed by atoms with Gasteiger partial charge in [-0.25, -0.2) is 4.98 Å². The number of benzene rings is 2. The molecule has 2 aromatic carbocycles. The molecule has 156 valence electrons. The van der Waals surface area contributed by atoms with Crippen LogP contribution in [0.5, 0.6) is 0 Å².